The molecule has 14 heavy (non-hydrogen) atoms. The lowest BCUT2D eigenvalue weighted by Gasteiger charge is -2.39. The number of carbonyl (C=O) groups excluding carboxylic acids is 1. The van der Waals surface area contributed by atoms with Gasteiger partial charge < -0.3 is 14.5 Å². The standard InChI is InChI=1S/C10H16N2O2/c1-11-3-7(4-11)10(13)12-5-9-2-8(12)6-14-9/h7-9H,2-6H2,1H3. The van der Waals surface area contributed by atoms with E-state index in [0.717, 1.165) is 32.7 Å². The molecule has 0 saturated carbocycles. The van der Waals surface area contributed by atoms with E-state index in [9.17, 15) is 4.79 Å². The fraction of sp³-hybridized carbons (Fsp3) is 0.900. The first kappa shape index (κ1) is 8.68. The van der Waals surface area contributed by atoms with Gasteiger partial charge in [-0.1, -0.05) is 0 Å². The average molecular weight is 196 g/mol. The number of fused-ring (bicyclic) bond motifs is 2. The zero-order valence-corrected chi connectivity index (χ0v) is 8.48. The van der Waals surface area contributed by atoms with Gasteiger partial charge >= 0.3 is 0 Å². The maximum atomic E-state index is 12.0. The van der Waals surface area contributed by atoms with Crippen LogP contribution < -0.4 is 0 Å². The van der Waals surface area contributed by atoms with E-state index in [2.05, 4.69) is 11.9 Å². The van der Waals surface area contributed by atoms with Gasteiger partial charge in [0, 0.05) is 19.6 Å². The molecule has 3 saturated heterocycles. The maximum absolute atomic E-state index is 12.0. The smallest absolute Gasteiger partial charge is 0.228 e. The molecule has 0 aliphatic carbocycles. The second-order valence-electron chi connectivity index (χ2n) is 4.75. The minimum absolute atomic E-state index is 0.263. The second-order valence-corrected chi connectivity index (χ2v) is 4.75. The minimum Gasteiger partial charge on any atom is -0.374 e. The molecule has 78 valence electrons. The molecule has 2 bridgehead atoms. The monoisotopic (exact) mass is 196 g/mol. The highest BCUT2D eigenvalue weighted by Crippen LogP contribution is 2.30. The molecule has 0 aromatic carbocycles. The van der Waals surface area contributed by atoms with Gasteiger partial charge in [-0.25, -0.2) is 0 Å². The van der Waals surface area contributed by atoms with Crippen molar-refractivity contribution in [1.82, 2.24) is 9.80 Å². The Morgan fingerprint density at radius 2 is 2.14 bits per heavy atom. The molecule has 0 aromatic heterocycles. The van der Waals surface area contributed by atoms with Gasteiger partial charge in [0.25, 0.3) is 0 Å². The number of amides is 1. The number of hydrogen-bond donors (Lipinski definition) is 0. The van der Waals surface area contributed by atoms with Crippen molar-refractivity contribution in [2.45, 2.75) is 18.6 Å². The largest absolute Gasteiger partial charge is 0.374 e. The van der Waals surface area contributed by atoms with Gasteiger partial charge in [0.2, 0.25) is 5.91 Å². The molecule has 0 aromatic rings. The highest BCUT2D eigenvalue weighted by atomic mass is 16.5. The first-order valence-corrected chi connectivity index (χ1v) is 5.34. The molecule has 3 fully saturated rings. The molecule has 3 rings (SSSR count). The predicted octanol–water partition coefficient (Wildman–Crippen LogP) is -0.452. The molecule has 0 spiro atoms. The third-order valence-corrected chi connectivity index (χ3v) is 3.60. The summed E-state index contributed by atoms with van der Waals surface area (Å²) < 4.78 is 5.48. The van der Waals surface area contributed by atoms with E-state index in [1.807, 2.05) is 4.90 Å². The Labute approximate surface area is 83.8 Å². The molecule has 4 nitrogen and oxygen atoms in total. The van der Waals surface area contributed by atoms with Crippen LogP contribution in [0.2, 0.25) is 0 Å². The van der Waals surface area contributed by atoms with Gasteiger partial charge in [-0.05, 0) is 13.5 Å². The Bertz CT molecular complexity index is 263. The number of likely N-dealkylation sites (tertiary alicyclic amines) is 2. The lowest BCUT2D eigenvalue weighted by molar-refractivity contribution is -0.144. The molecule has 1 amide bonds. The lowest BCUT2D eigenvalue weighted by Crippen LogP contribution is -2.55. The third kappa shape index (κ3) is 1.17. The first-order chi connectivity index (χ1) is 6.74. The van der Waals surface area contributed by atoms with E-state index < -0.39 is 0 Å². The Balaban J connectivity index is 1.63. The van der Waals surface area contributed by atoms with Crippen molar-refractivity contribution in [3.8, 4) is 0 Å². The zero-order valence-electron chi connectivity index (χ0n) is 8.48. The highest BCUT2D eigenvalue weighted by molar-refractivity contribution is 5.81. The third-order valence-electron chi connectivity index (χ3n) is 3.60. The summed E-state index contributed by atoms with van der Waals surface area (Å²) >= 11 is 0. The van der Waals surface area contributed by atoms with Gasteiger partial charge in [-0.3, -0.25) is 4.79 Å². The number of hydrogen-bond acceptors (Lipinski definition) is 3. The van der Waals surface area contributed by atoms with E-state index in [-0.39, 0.29) is 5.92 Å². The summed E-state index contributed by atoms with van der Waals surface area (Å²) in [6.45, 7) is 3.48. The van der Waals surface area contributed by atoms with Crippen LogP contribution in [0.15, 0.2) is 0 Å². The molecule has 4 heteroatoms. The van der Waals surface area contributed by atoms with Crippen LogP contribution in [-0.4, -0.2) is 61.1 Å². The summed E-state index contributed by atoms with van der Waals surface area (Å²) in [5.41, 5.74) is 0. The van der Waals surface area contributed by atoms with Crippen molar-refractivity contribution in [2.75, 3.05) is 33.3 Å². The van der Waals surface area contributed by atoms with Gasteiger partial charge in [0.05, 0.1) is 24.7 Å². The molecular weight excluding hydrogens is 180 g/mol. The molecule has 3 aliphatic rings. The number of morpholine rings is 1. The molecule has 0 N–H and O–H groups in total. The minimum atomic E-state index is 0.263. The number of rotatable bonds is 1. The Morgan fingerprint density at radius 3 is 2.64 bits per heavy atom. The maximum Gasteiger partial charge on any atom is 0.228 e. The Morgan fingerprint density at radius 1 is 1.36 bits per heavy atom. The van der Waals surface area contributed by atoms with Crippen molar-refractivity contribution in [3.05, 3.63) is 0 Å². The van der Waals surface area contributed by atoms with E-state index in [4.69, 9.17) is 4.74 Å². The normalized spacial score (nSPS) is 37.6. The molecule has 0 radical (unpaired) electrons. The van der Waals surface area contributed by atoms with E-state index >= 15 is 0 Å². The van der Waals surface area contributed by atoms with Crippen LogP contribution in [0, 0.1) is 5.92 Å². The van der Waals surface area contributed by atoms with Crippen LogP contribution in [0.5, 0.6) is 0 Å². The fourth-order valence-corrected chi connectivity index (χ4v) is 2.76. The van der Waals surface area contributed by atoms with E-state index in [1.165, 1.54) is 0 Å². The Hall–Kier alpha value is -0.610. The molecule has 3 aliphatic heterocycles. The van der Waals surface area contributed by atoms with Crippen molar-refractivity contribution in [2.24, 2.45) is 5.92 Å². The van der Waals surface area contributed by atoms with Crippen LogP contribution in [0.3, 0.4) is 0 Å². The summed E-state index contributed by atoms with van der Waals surface area (Å²) in [6.07, 6.45) is 1.40. The number of nitrogens with zero attached hydrogens (tertiary/aromatic N) is 2. The molecule has 2 atom stereocenters. The Kier molecular flexibility index (Phi) is 1.82. The van der Waals surface area contributed by atoms with Crippen molar-refractivity contribution in [3.63, 3.8) is 0 Å². The average Bonchev–Trinajstić information content (AvgIpc) is 2.72. The van der Waals surface area contributed by atoms with E-state index in [0.29, 0.717) is 18.1 Å². The quantitative estimate of drug-likeness (QED) is 0.569. The van der Waals surface area contributed by atoms with Crippen molar-refractivity contribution < 1.29 is 9.53 Å². The van der Waals surface area contributed by atoms with Gasteiger partial charge in [0.15, 0.2) is 0 Å². The highest BCUT2D eigenvalue weighted by Gasteiger charge is 2.44. The molecular formula is C10H16N2O2. The summed E-state index contributed by atoms with van der Waals surface area (Å²) in [5.74, 6) is 0.623. The van der Waals surface area contributed by atoms with Crippen molar-refractivity contribution >= 4 is 5.91 Å². The molecule has 2 unspecified atom stereocenters. The summed E-state index contributed by atoms with van der Waals surface area (Å²) in [7, 11) is 2.06. The van der Waals surface area contributed by atoms with Crippen LogP contribution in [0.4, 0.5) is 0 Å². The SMILES string of the molecule is CN1CC(C(=O)N2CC3CC2CO3)C1. The summed E-state index contributed by atoms with van der Waals surface area (Å²) in [4.78, 5) is 16.2. The zero-order chi connectivity index (χ0) is 9.71. The van der Waals surface area contributed by atoms with Crippen LogP contribution in [0.25, 0.3) is 0 Å². The lowest BCUT2D eigenvalue weighted by atomic mass is 9.99. The first-order valence-electron chi connectivity index (χ1n) is 5.34. The van der Waals surface area contributed by atoms with E-state index in [1.54, 1.807) is 0 Å². The summed E-state index contributed by atoms with van der Waals surface area (Å²) in [5, 5.41) is 0. The van der Waals surface area contributed by atoms with Crippen molar-refractivity contribution in [1.29, 1.82) is 0 Å². The fourth-order valence-electron chi connectivity index (χ4n) is 2.76. The van der Waals surface area contributed by atoms with Crippen LogP contribution in [-0.2, 0) is 9.53 Å². The van der Waals surface area contributed by atoms with Gasteiger partial charge in [0.1, 0.15) is 0 Å². The summed E-state index contributed by atoms with van der Waals surface area (Å²) in [6, 6.07) is 0.387. The van der Waals surface area contributed by atoms with Gasteiger partial charge in [-0.15, -0.1) is 0 Å². The second kappa shape index (κ2) is 2.94. The topological polar surface area (TPSA) is 32.8 Å². The molecule has 3 heterocycles. The van der Waals surface area contributed by atoms with Gasteiger partial charge in [-0.2, -0.15) is 0 Å². The van der Waals surface area contributed by atoms with Crippen LogP contribution in [0.1, 0.15) is 6.42 Å². The predicted molar refractivity (Wildman–Crippen MR) is 50.8 cm³/mol. The number of ether oxygens (including phenoxy) is 1. The van der Waals surface area contributed by atoms with Crippen LogP contribution >= 0.6 is 0 Å². The number of carbonyl (C=O) groups is 1.